The molecule has 0 saturated heterocycles. The van der Waals surface area contributed by atoms with Gasteiger partial charge in [0.15, 0.2) is 5.82 Å². The highest BCUT2D eigenvalue weighted by Gasteiger charge is 2.07. The summed E-state index contributed by atoms with van der Waals surface area (Å²) in [6, 6.07) is 5.45. The molecule has 1 aromatic carbocycles. The smallest absolute Gasteiger partial charge is 0.170 e. The van der Waals surface area contributed by atoms with Crippen molar-refractivity contribution in [1.82, 2.24) is 20.2 Å². The lowest BCUT2D eigenvalue weighted by Gasteiger charge is -2.09. The molecular weight excluding hydrogens is 273 g/mol. The standard InChI is InChI=1S/C11H13Cl2N5/c1-2-6-18-10(15-16-17-18)7-14-9-5-3-4-8(12)11(9)13/h3-5,14H,2,6-7H2,1H3. The first-order valence-electron chi connectivity index (χ1n) is 5.65. The van der Waals surface area contributed by atoms with Gasteiger partial charge in [-0.2, -0.15) is 0 Å². The van der Waals surface area contributed by atoms with Gasteiger partial charge in [0.1, 0.15) is 0 Å². The summed E-state index contributed by atoms with van der Waals surface area (Å²) in [7, 11) is 0. The van der Waals surface area contributed by atoms with Crippen LogP contribution in [0.3, 0.4) is 0 Å². The number of nitrogens with one attached hydrogen (secondary N) is 1. The van der Waals surface area contributed by atoms with E-state index in [1.54, 1.807) is 10.7 Å². The summed E-state index contributed by atoms with van der Waals surface area (Å²) < 4.78 is 1.77. The summed E-state index contributed by atoms with van der Waals surface area (Å²) in [6.45, 7) is 3.38. The molecule has 2 rings (SSSR count). The summed E-state index contributed by atoms with van der Waals surface area (Å²) in [5.74, 6) is 0.771. The van der Waals surface area contributed by atoms with Crippen LogP contribution >= 0.6 is 23.2 Å². The highest BCUT2D eigenvalue weighted by Crippen LogP contribution is 2.29. The molecule has 0 aliphatic rings. The van der Waals surface area contributed by atoms with Crippen LogP contribution in [0.15, 0.2) is 18.2 Å². The quantitative estimate of drug-likeness (QED) is 0.918. The molecule has 1 N–H and O–H groups in total. The van der Waals surface area contributed by atoms with Gasteiger partial charge in [0, 0.05) is 6.54 Å². The maximum atomic E-state index is 6.08. The zero-order valence-electron chi connectivity index (χ0n) is 9.90. The van der Waals surface area contributed by atoms with Gasteiger partial charge in [-0.25, -0.2) is 4.68 Å². The minimum atomic E-state index is 0.507. The first-order valence-corrected chi connectivity index (χ1v) is 6.41. The monoisotopic (exact) mass is 285 g/mol. The predicted octanol–water partition coefficient (Wildman–Crippen LogP) is 3.00. The van der Waals surface area contributed by atoms with Gasteiger partial charge in [0.05, 0.1) is 22.3 Å². The lowest BCUT2D eigenvalue weighted by Crippen LogP contribution is -2.10. The van der Waals surface area contributed by atoms with Crippen molar-refractivity contribution in [2.45, 2.75) is 26.4 Å². The fraction of sp³-hybridized carbons (Fsp3) is 0.364. The van der Waals surface area contributed by atoms with Crippen molar-refractivity contribution in [2.24, 2.45) is 0 Å². The topological polar surface area (TPSA) is 55.6 Å². The molecule has 0 spiro atoms. The molecule has 18 heavy (non-hydrogen) atoms. The molecule has 0 bridgehead atoms. The lowest BCUT2D eigenvalue weighted by atomic mass is 10.3. The van der Waals surface area contributed by atoms with Gasteiger partial charge >= 0.3 is 0 Å². The Kier molecular flexibility index (Phi) is 4.38. The number of rotatable bonds is 5. The fourth-order valence-electron chi connectivity index (χ4n) is 1.55. The first kappa shape index (κ1) is 13.1. The predicted molar refractivity (Wildman–Crippen MR) is 71.9 cm³/mol. The Hall–Kier alpha value is -1.33. The third-order valence-corrected chi connectivity index (χ3v) is 3.25. The second-order valence-electron chi connectivity index (χ2n) is 3.77. The molecule has 0 saturated carbocycles. The minimum absolute atomic E-state index is 0.507. The first-order chi connectivity index (χ1) is 8.72. The molecule has 0 radical (unpaired) electrons. The van der Waals surface area contributed by atoms with E-state index in [2.05, 4.69) is 27.8 Å². The summed E-state index contributed by atoms with van der Waals surface area (Å²) in [4.78, 5) is 0. The van der Waals surface area contributed by atoms with Gasteiger partial charge in [-0.1, -0.05) is 36.2 Å². The molecule has 0 fully saturated rings. The van der Waals surface area contributed by atoms with Crippen molar-refractivity contribution < 1.29 is 0 Å². The number of aryl methyl sites for hydroxylation is 1. The zero-order chi connectivity index (χ0) is 13.0. The minimum Gasteiger partial charge on any atom is -0.376 e. The average molecular weight is 286 g/mol. The number of hydrogen-bond donors (Lipinski definition) is 1. The van der Waals surface area contributed by atoms with E-state index in [0.29, 0.717) is 16.6 Å². The highest BCUT2D eigenvalue weighted by molar-refractivity contribution is 6.43. The molecule has 0 aliphatic carbocycles. The van der Waals surface area contributed by atoms with Crippen molar-refractivity contribution in [3.63, 3.8) is 0 Å². The van der Waals surface area contributed by atoms with E-state index in [0.717, 1.165) is 24.5 Å². The van der Waals surface area contributed by atoms with E-state index < -0.39 is 0 Å². The van der Waals surface area contributed by atoms with Gasteiger partial charge < -0.3 is 5.32 Å². The molecule has 2 aromatic rings. The van der Waals surface area contributed by atoms with Crippen LogP contribution in [0.2, 0.25) is 10.0 Å². The molecular formula is C11H13Cl2N5. The largest absolute Gasteiger partial charge is 0.376 e. The average Bonchev–Trinajstić information content (AvgIpc) is 2.79. The number of benzene rings is 1. The van der Waals surface area contributed by atoms with E-state index in [-0.39, 0.29) is 0 Å². The summed E-state index contributed by atoms with van der Waals surface area (Å²) in [5, 5.41) is 15.7. The van der Waals surface area contributed by atoms with Crippen LogP contribution in [0, 0.1) is 0 Å². The van der Waals surface area contributed by atoms with Gasteiger partial charge in [0.25, 0.3) is 0 Å². The zero-order valence-corrected chi connectivity index (χ0v) is 11.4. The number of halogens is 2. The van der Waals surface area contributed by atoms with Crippen LogP contribution in [0.5, 0.6) is 0 Å². The maximum Gasteiger partial charge on any atom is 0.170 e. The van der Waals surface area contributed by atoms with Crippen LogP contribution in [-0.4, -0.2) is 20.2 Å². The Labute approximate surface area is 115 Å². The summed E-state index contributed by atoms with van der Waals surface area (Å²) >= 11 is 12.0. The Morgan fingerprint density at radius 3 is 2.94 bits per heavy atom. The molecule has 0 aliphatic heterocycles. The van der Waals surface area contributed by atoms with Gasteiger partial charge in [-0.15, -0.1) is 5.10 Å². The van der Waals surface area contributed by atoms with Gasteiger partial charge in [-0.3, -0.25) is 0 Å². The van der Waals surface area contributed by atoms with Crippen molar-refractivity contribution in [1.29, 1.82) is 0 Å². The Balaban J connectivity index is 2.07. The van der Waals surface area contributed by atoms with Crippen LogP contribution in [0.4, 0.5) is 5.69 Å². The third kappa shape index (κ3) is 2.91. The Morgan fingerprint density at radius 1 is 1.33 bits per heavy atom. The van der Waals surface area contributed by atoms with E-state index in [1.807, 2.05) is 12.1 Å². The number of nitrogens with zero attached hydrogens (tertiary/aromatic N) is 4. The number of tetrazole rings is 1. The van der Waals surface area contributed by atoms with Crippen LogP contribution in [0.25, 0.3) is 0 Å². The second kappa shape index (κ2) is 6.02. The van der Waals surface area contributed by atoms with Gasteiger partial charge in [-0.05, 0) is 29.0 Å². The molecule has 96 valence electrons. The Morgan fingerprint density at radius 2 is 2.17 bits per heavy atom. The second-order valence-corrected chi connectivity index (χ2v) is 4.56. The van der Waals surface area contributed by atoms with E-state index >= 15 is 0 Å². The van der Waals surface area contributed by atoms with Crippen molar-refractivity contribution in [3.8, 4) is 0 Å². The number of aromatic nitrogens is 4. The van der Waals surface area contributed by atoms with Gasteiger partial charge in [0.2, 0.25) is 0 Å². The van der Waals surface area contributed by atoms with Crippen LogP contribution in [-0.2, 0) is 13.1 Å². The molecule has 1 aromatic heterocycles. The number of hydrogen-bond acceptors (Lipinski definition) is 4. The molecule has 0 atom stereocenters. The Bertz CT molecular complexity index is 526. The van der Waals surface area contributed by atoms with E-state index in [9.17, 15) is 0 Å². The molecule has 1 heterocycles. The molecule has 7 heteroatoms. The van der Waals surface area contributed by atoms with Crippen LogP contribution in [0.1, 0.15) is 19.2 Å². The van der Waals surface area contributed by atoms with Crippen LogP contribution < -0.4 is 5.32 Å². The number of anilines is 1. The molecule has 0 amide bonds. The lowest BCUT2D eigenvalue weighted by molar-refractivity contribution is 0.558. The maximum absolute atomic E-state index is 6.08. The van der Waals surface area contributed by atoms with Crippen molar-refractivity contribution >= 4 is 28.9 Å². The summed E-state index contributed by atoms with van der Waals surface area (Å²) in [6.07, 6.45) is 0.982. The summed E-state index contributed by atoms with van der Waals surface area (Å²) in [5.41, 5.74) is 0.773. The third-order valence-electron chi connectivity index (χ3n) is 2.43. The SMILES string of the molecule is CCCn1nnnc1CNc1cccc(Cl)c1Cl. The van der Waals surface area contributed by atoms with E-state index in [4.69, 9.17) is 23.2 Å². The van der Waals surface area contributed by atoms with E-state index in [1.165, 1.54) is 0 Å². The highest BCUT2D eigenvalue weighted by atomic mass is 35.5. The van der Waals surface area contributed by atoms with Crippen molar-refractivity contribution in [3.05, 3.63) is 34.1 Å². The normalized spacial score (nSPS) is 10.6. The fourth-order valence-corrected chi connectivity index (χ4v) is 1.92. The molecule has 5 nitrogen and oxygen atoms in total. The molecule has 0 unspecified atom stereocenters. The van der Waals surface area contributed by atoms with Crippen molar-refractivity contribution in [2.75, 3.05) is 5.32 Å².